The van der Waals surface area contributed by atoms with E-state index in [9.17, 15) is 4.79 Å². The number of aromatic nitrogens is 1. The molecule has 4 nitrogen and oxygen atoms in total. The second-order valence-corrected chi connectivity index (χ2v) is 5.27. The molecule has 2 heterocycles. The highest BCUT2D eigenvalue weighted by Crippen LogP contribution is 2.22. The quantitative estimate of drug-likeness (QED) is 0.819. The Morgan fingerprint density at radius 2 is 1.89 bits per heavy atom. The summed E-state index contributed by atoms with van der Waals surface area (Å²) in [6, 6.07) is 6.22. The average Bonchev–Trinajstić information content (AvgIpc) is 2.83. The van der Waals surface area contributed by atoms with Crippen molar-refractivity contribution >= 4 is 16.8 Å². The summed E-state index contributed by atoms with van der Waals surface area (Å²) in [5.74, 6) is 0.106. The third-order valence-corrected chi connectivity index (χ3v) is 3.72. The first kappa shape index (κ1) is 12.2. The summed E-state index contributed by atoms with van der Waals surface area (Å²) in [5.41, 5.74) is 4.18. The maximum Gasteiger partial charge on any atom is 0.270 e. The number of aromatic amines is 1. The standard InChI is InChI=1S/C15H19N3O/c1-10-7-11(2)12-9-14(17-13(12)8-10)15(19)18-5-3-16-4-6-18/h7-9,16-17H,3-6H2,1-2H3. The van der Waals surface area contributed by atoms with E-state index in [2.05, 4.69) is 36.3 Å². The molecule has 0 atom stereocenters. The molecule has 0 bridgehead atoms. The molecule has 100 valence electrons. The molecule has 1 aliphatic heterocycles. The zero-order valence-electron chi connectivity index (χ0n) is 11.4. The molecular formula is C15H19N3O. The topological polar surface area (TPSA) is 48.1 Å². The van der Waals surface area contributed by atoms with Crippen molar-refractivity contribution in [3.8, 4) is 0 Å². The number of hydrogen-bond donors (Lipinski definition) is 2. The van der Waals surface area contributed by atoms with Gasteiger partial charge >= 0.3 is 0 Å². The molecule has 0 saturated carbocycles. The number of carbonyl (C=O) groups excluding carboxylic acids is 1. The van der Waals surface area contributed by atoms with E-state index in [1.807, 2.05) is 11.0 Å². The summed E-state index contributed by atoms with van der Waals surface area (Å²) < 4.78 is 0. The van der Waals surface area contributed by atoms with Crippen LogP contribution in [0.5, 0.6) is 0 Å². The number of benzene rings is 1. The molecule has 0 aliphatic carbocycles. The van der Waals surface area contributed by atoms with Crippen LogP contribution in [0.3, 0.4) is 0 Å². The number of piperazine rings is 1. The van der Waals surface area contributed by atoms with Crippen LogP contribution in [0.1, 0.15) is 21.6 Å². The minimum atomic E-state index is 0.106. The summed E-state index contributed by atoms with van der Waals surface area (Å²) in [6.45, 7) is 7.49. The van der Waals surface area contributed by atoms with E-state index in [1.165, 1.54) is 11.1 Å². The van der Waals surface area contributed by atoms with Crippen molar-refractivity contribution in [1.82, 2.24) is 15.2 Å². The Labute approximate surface area is 112 Å². The van der Waals surface area contributed by atoms with Gasteiger partial charge in [-0.1, -0.05) is 6.07 Å². The van der Waals surface area contributed by atoms with Gasteiger partial charge in [0.2, 0.25) is 0 Å². The Morgan fingerprint density at radius 3 is 2.63 bits per heavy atom. The number of hydrogen-bond acceptors (Lipinski definition) is 2. The van der Waals surface area contributed by atoms with Gasteiger partial charge in [0.15, 0.2) is 0 Å². The van der Waals surface area contributed by atoms with E-state index in [1.54, 1.807) is 0 Å². The van der Waals surface area contributed by atoms with Crippen LogP contribution >= 0.6 is 0 Å². The third kappa shape index (κ3) is 2.24. The molecular weight excluding hydrogens is 238 g/mol. The van der Waals surface area contributed by atoms with Crippen LogP contribution < -0.4 is 5.32 Å². The lowest BCUT2D eigenvalue weighted by Gasteiger charge is -2.26. The van der Waals surface area contributed by atoms with Gasteiger partial charge < -0.3 is 15.2 Å². The second kappa shape index (κ2) is 4.70. The Kier molecular flexibility index (Phi) is 3.03. The predicted molar refractivity (Wildman–Crippen MR) is 76.5 cm³/mol. The fourth-order valence-electron chi connectivity index (χ4n) is 2.75. The van der Waals surface area contributed by atoms with Crippen molar-refractivity contribution < 1.29 is 4.79 Å². The molecule has 2 N–H and O–H groups in total. The number of nitrogens with one attached hydrogen (secondary N) is 2. The van der Waals surface area contributed by atoms with Crippen LogP contribution in [0, 0.1) is 13.8 Å². The number of nitrogens with zero attached hydrogens (tertiary/aromatic N) is 1. The summed E-state index contributed by atoms with van der Waals surface area (Å²) in [6.07, 6.45) is 0. The van der Waals surface area contributed by atoms with Crippen LogP contribution in [-0.4, -0.2) is 42.0 Å². The van der Waals surface area contributed by atoms with Crippen molar-refractivity contribution in [2.75, 3.05) is 26.2 Å². The molecule has 1 aromatic carbocycles. The van der Waals surface area contributed by atoms with Crippen LogP contribution in [0.2, 0.25) is 0 Å². The Bertz CT molecular complexity index is 624. The maximum atomic E-state index is 12.4. The summed E-state index contributed by atoms with van der Waals surface area (Å²) in [5, 5.41) is 4.40. The van der Waals surface area contributed by atoms with Gasteiger partial charge in [0, 0.05) is 37.1 Å². The lowest BCUT2D eigenvalue weighted by Crippen LogP contribution is -2.46. The van der Waals surface area contributed by atoms with Gasteiger partial charge in [-0.05, 0) is 37.1 Å². The first-order valence-electron chi connectivity index (χ1n) is 6.75. The second-order valence-electron chi connectivity index (χ2n) is 5.27. The average molecular weight is 257 g/mol. The first-order valence-corrected chi connectivity index (χ1v) is 6.75. The zero-order valence-corrected chi connectivity index (χ0v) is 11.4. The van der Waals surface area contributed by atoms with E-state index >= 15 is 0 Å². The van der Waals surface area contributed by atoms with Gasteiger partial charge in [-0.25, -0.2) is 0 Å². The van der Waals surface area contributed by atoms with Crippen molar-refractivity contribution in [3.05, 3.63) is 35.0 Å². The molecule has 1 saturated heterocycles. The fourth-order valence-corrected chi connectivity index (χ4v) is 2.75. The Balaban J connectivity index is 1.96. The minimum Gasteiger partial charge on any atom is -0.351 e. The molecule has 19 heavy (non-hydrogen) atoms. The highest BCUT2D eigenvalue weighted by molar-refractivity contribution is 5.99. The number of H-pyrrole nitrogens is 1. The van der Waals surface area contributed by atoms with Crippen molar-refractivity contribution in [3.63, 3.8) is 0 Å². The van der Waals surface area contributed by atoms with Crippen LogP contribution in [0.4, 0.5) is 0 Å². The van der Waals surface area contributed by atoms with E-state index in [0.29, 0.717) is 5.69 Å². The summed E-state index contributed by atoms with van der Waals surface area (Å²) in [7, 11) is 0. The van der Waals surface area contributed by atoms with Gasteiger partial charge in [0.1, 0.15) is 5.69 Å². The summed E-state index contributed by atoms with van der Waals surface area (Å²) >= 11 is 0. The van der Waals surface area contributed by atoms with E-state index in [4.69, 9.17) is 0 Å². The highest BCUT2D eigenvalue weighted by atomic mass is 16.2. The molecule has 0 radical (unpaired) electrons. The minimum absolute atomic E-state index is 0.106. The molecule has 1 amide bonds. The maximum absolute atomic E-state index is 12.4. The summed E-state index contributed by atoms with van der Waals surface area (Å²) in [4.78, 5) is 17.6. The molecule has 0 spiro atoms. The number of fused-ring (bicyclic) bond motifs is 1. The number of aryl methyl sites for hydroxylation is 2. The number of amides is 1. The first-order chi connectivity index (χ1) is 9.15. The van der Waals surface area contributed by atoms with Crippen molar-refractivity contribution in [1.29, 1.82) is 0 Å². The molecule has 0 unspecified atom stereocenters. The van der Waals surface area contributed by atoms with Gasteiger partial charge in [-0.2, -0.15) is 0 Å². The van der Waals surface area contributed by atoms with Gasteiger partial charge in [0.25, 0.3) is 5.91 Å². The number of rotatable bonds is 1. The molecule has 1 fully saturated rings. The van der Waals surface area contributed by atoms with Gasteiger partial charge in [0.05, 0.1) is 0 Å². The van der Waals surface area contributed by atoms with Crippen LogP contribution in [-0.2, 0) is 0 Å². The fraction of sp³-hybridized carbons (Fsp3) is 0.400. The van der Waals surface area contributed by atoms with E-state index < -0.39 is 0 Å². The predicted octanol–water partition coefficient (Wildman–Crippen LogP) is 1.83. The molecule has 4 heteroatoms. The molecule has 1 aliphatic rings. The third-order valence-electron chi connectivity index (χ3n) is 3.72. The monoisotopic (exact) mass is 257 g/mol. The molecule has 3 rings (SSSR count). The molecule has 1 aromatic heterocycles. The zero-order chi connectivity index (χ0) is 13.4. The Hall–Kier alpha value is -1.81. The lowest BCUT2D eigenvalue weighted by molar-refractivity contribution is 0.0731. The highest BCUT2D eigenvalue weighted by Gasteiger charge is 2.19. The largest absolute Gasteiger partial charge is 0.351 e. The van der Waals surface area contributed by atoms with Crippen molar-refractivity contribution in [2.24, 2.45) is 0 Å². The van der Waals surface area contributed by atoms with Crippen molar-refractivity contribution in [2.45, 2.75) is 13.8 Å². The van der Waals surface area contributed by atoms with Crippen LogP contribution in [0.25, 0.3) is 10.9 Å². The lowest BCUT2D eigenvalue weighted by atomic mass is 10.1. The van der Waals surface area contributed by atoms with Crippen LogP contribution in [0.15, 0.2) is 18.2 Å². The number of carbonyl (C=O) groups is 1. The molecule has 2 aromatic rings. The SMILES string of the molecule is Cc1cc(C)c2cc(C(=O)N3CCNCC3)[nH]c2c1. The van der Waals surface area contributed by atoms with Gasteiger partial charge in [-0.3, -0.25) is 4.79 Å². The van der Waals surface area contributed by atoms with E-state index in [0.717, 1.165) is 37.1 Å². The van der Waals surface area contributed by atoms with Gasteiger partial charge in [-0.15, -0.1) is 0 Å². The normalized spacial score (nSPS) is 16.0. The smallest absolute Gasteiger partial charge is 0.270 e. The Morgan fingerprint density at radius 1 is 1.16 bits per heavy atom. The van der Waals surface area contributed by atoms with E-state index in [-0.39, 0.29) is 5.91 Å².